The van der Waals surface area contributed by atoms with Crippen molar-refractivity contribution >= 4 is 11.7 Å². The molecule has 0 aliphatic carbocycles. The summed E-state index contributed by atoms with van der Waals surface area (Å²) < 4.78 is 6.38. The first-order valence-corrected chi connectivity index (χ1v) is 6.39. The Morgan fingerprint density at radius 2 is 2.23 bits per heavy atom. The molecular weight excluding hydrogens is 292 g/mol. The van der Waals surface area contributed by atoms with Crippen LogP contribution in [-0.2, 0) is 11.2 Å². The quantitative estimate of drug-likeness (QED) is 0.634. The third-order valence-electron chi connectivity index (χ3n) is 3.17. The van der Waals surface area contributed by atoms with Crippen LogP contribution in [0.5, 0.6) is 5.75 Å². The highest BCUT2D eigenvalue weighted by Gasteiger charge is 2.18. The average molecular weight is 306 g/mol. The maximum Gasteiger partial charge on any atom is 0.313 e. The maximum atomic E-state index is 11.0. The zero-order chi connectivity index (χ0) is 16.3. The second kappa shape index (κ2) is 6.20. The van der Waals surface area contributed by atoms with Crippen LogP contribution < -0.4 is 4.74 Å². The van der Waals surface area contributed by atoms with Crippen molar-refractivity contribution in [3.8, 4) is 11.4 Å². The van der Waals surface area contributed by atoms with Crippen LogP contribution in [0.3, 0.4) is 0 Å². The fourth-order valence-electron chi connectivity index (χ4n) is 2.01. The molecule has 2 aromatic rings. The zero-order valence-electron chi connectivity index (χ0n) is 12.0. The number of nitrogens with zero attached hydrogens (tertiary/aromatic N) is 4. The number of methoxy groups -OCH3 is 1. The van der Waals surface area contributed by atoms with Gasteiger partial charge in [0.05, 0.1) is 35.5 Å². The highest BCUT2D eigenvalue weighted by Crippen LogP contribution is 2.29. The van der Waals surface area contributed by atoms with Crippen LogP contribution in [0.1, 0.15) is 17.8 Å². The Bertz CT molecular complexity index is 725. The van der Waals surface area contributed by atoms with Crippen molar-refractivity contribution in [3.05, 3.63) is 39.7 Å². The van der Waals surface area contributed by atoms with E-state index in [1.54, 1.807) is 13.0 Å². The summed E-state index contributed by atoms with van der Waals surface area (Å²) in [6, 6.07) is 4.43. The van der Waals surface area contributed by atoms with Crippen LogP contribution in [0.25, 0.3) is 5.69 Å². The van der Waals surface area contributed by atoms with Crippen LogP contribution in [0.4, 0.5) is 5.69 Å². The van der Waals surface area contributed by atoms with E-state index in [0.717, 1.165) is 0 Å². The van der Waals surface area contributed by atoms with Crippen LogP contribution in [0.15, 0.2) is 18.2 Å². The predicted octanol–water partition coefficient (Wildman–Crippen LogP) is 1.51. The molecule has 22 heavy (non-hydrogen) atoms. The smallest absolute Gasteiger partial charge is 0.313 e. The average Bonchev–Trinajstić information content (AvgIpc) is 2.85. The standard InChI is InChI=1S/C13H14N4O5/c1-8-10(4-6-13(18)19)14-15-16(8)9-3-5-12(22-2)11(7-9)17(20)21/h3,5,7H,4,6H2,1-2H3,(H,18,19). The van der Waals surface area contributed by atoms with Crippen LogP contribution >= 0.6 is 0 Å². The summed E-state index contributed by atoms with van der Waals surface area (Å²) in [4.78, 5) is 21.1. The summed E-state index contributed by atoms with van der Waals surface area (Å²) in [5, 5.41) is 27.6. The molecule has 0 aliphatic heterocycles. The van der Waals surface area contributed by atoms with Gasteiger partial charge in [-0.05, 0) is 19.1 Å². The number of carboxylic acids is 1. The normalized spacial score (nSPS) is 10.5. The SMILES string of the molecule is COc1ccc(-n2nnc(CCC(=O)O)c2C)cc1[N+](=O)[O-]. The molecule has 0 spiro atoms. The van der Waals surface area contributed by atoms with E-state index < -0.39 is 10.9 Å². The lowest BCUT2D eigenvalue weighted by Crippen LogP contribution is -2.03. The first-order valence-electron chi connectivity index (χ1n) is 6.39. The van der Waals surface area contributed by atoms with Crippen LogP contribution in [0.2, 0.25) is 0 Å². The minimum absolute atomic E-state index is 0.0533. The van der Waals surface area contributed by atoms with E-state index in [1.165, 1.54) is 23.9 Å². The third kappa shape index (κ3) is 3.03. The predicted molar refractivity (Wildman–Crippen MR) is 75.3 cm³/mol. The lowest BCUT2D eigenvalue weighted by Gasteiger charge is -2.06. The maximum absolute atomic E-state index is 11.0. The van der Waals surface area contributed by atoms with E-state index in [4.69, 9.17) is 9.84 Å². The zero-order valence-corrected chi connectivity index (χ0v) is 12.0. The molecule has 0 unspecified atom stereocenters. The fraction of sp³-hybridized carbons (Fsp3) is 0.308. The number of nitro groups is 1. The van der Waals surface area contributed by atoms with E-state index in [-0.39, 0.29) is 24.3 Å². The van der Waals surface area contributed by atoms with Gasteiger partial charge < -0.3 is 9.84 Å². The lowest BCUT2D eigenvalue weighted by molar-refractivity contribution is -0.385. The molecule has 0 radical (unpaired) electrons. The molecule has 1 N–H and O–H groups in total. The molecule has 2 rings (SSSR count). The van der Waals surface area contributed by atoms with Gasteiger partial charge in [-0.2, -0.15) is 0 Å². The van der Waals surface area contributed by atoms with Gasteiger partial charge >= 0.3 is 11.7 Å². The van der Waals surface area contributed by atoms with Crippen molar-refractivity contribution in [1.29, 1.82) is 0 Å². The molecule has 9 nitrogen and oxygen atoms in total. The number of hydrogen-bond acceptors (Lipinski definition) is 6. The molecular formula is C13H14N4O5. The second-order valence-electron chi connectivity index (χ2n) is 4.54. The summed E-state index contributed by atoms with van der Waals surface area (Å²) in [6.45, 7) is 1.73. The Morgan fingerprint density at radius 3 is 2.82 bits per heavy atom. The minimum atomic E-state index is -0.922. The molecule has 0 amide bonds. The van der Waals surface area contributed by atoms with Crippen molar-refractivity contribution in [2.45, 2.75) is 19.8 Å². The highest BCUT2D eigenvalue weighted by molar-refractivity contribution is 5.67. The molecule has 0 aliphatic rings. The molecule has 0 bridgehead atoms. The lowest BCUT2D eigenvalue weighted by atomic mass is 10.2. The number of ether oxygens (including phenoxy) is 1. The van der Waals surface area contributed by atoms with Crippen molar-refractivity contribution in [2.24, 2.45) is 0 Å². The molecule has 1 heterocycles. The number of aliphatic carboxylic acids is 1. The van der Waals surface area contributed by atoms with Gasteiger partial charge in [0.15, 0.2) is 5.75 Å². The van der Waals surface area contributed by atoms with Crippen molar-refractivity contribution < 1.29 is 19.6 Å². The molecule has 1 aromatic carbocycles. The van der Waals surface area contributed by atoms with Crippen LogP contribution in [0, 0.1) is 17.0 Å². The largest absolute Gasteiger partial charge is 0.490 e. The van der Waals surface area contributed by atoms with Gasteiger partial charge in [-0.3, -0.25) is 14.9 Å². The topological polar surface area (TPSA) is 120 Å². The Morgan fingerprint density at radius 1 is 1.50 bits per heavy atom. The van der Waals surface area contributed by atoms with E-state index in [2.05, 4.69) is 10.3 Å². The first-order chi connectivity index (χ1) is 10.4. The number of aromatic nitrogens is 3. The minimum Gasteiger partial charge on any atom is -0.490 e. The Balaban J connectivity index is 2.38. The molecule has 0 fully saturated rings. The Hall–Kier alpha value is -2.97. The number of hydrogen-bond donors (Lipinski definition) is 1. The molecule has 9 heteroatoms. The number of carbonyl (C=O) groups is 1. The molecule has 1 aromatic heterocycles. The molecule has 116 valence electrons. The van der Waals surface area contributed by atoms with Crippen LogP contribution in [-0.4, -0.2) is 38.1 Å². The van der Waals surface area contributed by atoms with Gasteiger partial charge in [-0.15, -0.1) is 5.10 Å². The van der Waals surface area contributed by atoms with E-state index in [0.29, 0.717) is 17.1 Å². The fourth-order valence-corrected chi connectivity index (χ4v) is 2.01. The van der Waals surface area contributed by atoms with Gasteiger partial charge in [-0.25, -0.2) is 4.68 Å². The van der Waals surface area contributed by atoms with Gasteiger partial charge in [-0.1, -0.05) is 5.21 Å². The highest BCUT2D eigenvalue weighted by atomic mass is 16.6. The molecule has 0 saturated carbocycles. The number of rotatable bonds is 6. The summed E-state index contributed by atoms with van der Waals surface area (Å²) in [6.07, 6.45) is 0.196. The summed E-state index contributed by atoms with van der Waals surface area (Å²) in [7, 11) is 1.35. The van der Waals surface area contributed by atoms with Crippen molar-refractivity contribution in [1.82, 2.24) is 15.0 Å². The monoisotopic (exact) mass is 306 g/mol. The van der Waals surface area contributed by atoms with Gasteiger partial charge in [0.2, 0.25) is 0 Å². The van der Waals surface area contributed by atoms with Crippen molar-refractivity contribution in [2.75, 3.05) is 7.11 Å². The third-order valence-corrected chi connectivity index (χ3v) is 3.17. The van der Waals surface area contributed by atoms with Gasteiger partial charge in [0.25, 0.3) is 0 Å². The number of aryl methyl sites for hydroxylation is 1. The van der Waals surface area contributed by atoms with Gasteiger partial charge in [0.1, 0.15) is 0 Å². The second-order valence-corrected chi connectivity index (χ2v) is 4.54. The number of nitro benzene ring substituents is 1. The van der Waals surface area contributed by atoms with Gasteiger partial charge in [0, 0.05) is 12.5 Å². The Kier molecular flexibility index (Phi) is 4.35. The Labute approximate surface area is 125 Å². The van der Waals surface area contributed by atoms with E-state index in [1.807, 2.05) is 0 Å². The van der Waals surface area contributed by atoms with E-state index in [9.17, 15) is 14.9 Å². The van der Waals surface area contributed by atoms with E-state index >= 15 is 0 Å². The van der Waals surface area contributed by atoms with Crippen molar-refractivity contribution in [3.63, 3.8) is 0 Å². The summed E-state index contributed by atoms with van der Waals surface area (Å²) in [5.74, 6) is -0.772. The molecule has 0 atom stereocenters. The first kappa shape index (κ1) is 15.4. The number of benzene rings is 1. The summed E-state index contributed by atoms with van der Waals surface area (Å²) >= 11 is 0. The molecule has 0 saturated heterocycles. The summed E-state index contributed by atoms with van der Waals surface area (Å²) in [5.41, 5.74) is 1.46. The number of carboxylic acid groups (broad SMARTS) is 1.